The molecule has 3 heterocycles. The van der Waals surface area contributed by atoms with Gasteiger partial charge in [-0.2, -0.15) is 0 Å². The van der Waals surface area contributed by atoms with Gasteiger partial charge < -0.3 is 19.7 Å². The molecule has 1 aromatic carbocycles. The monoisotopic (exact) mass is 328 g/mol. The number of hydrogen-bond acceptors (Lipinski definition) is 4. The number of carboxylic acids is 1. The molecule has 0 aliphatic carbocycles. The van der Waals surface area contributed by atoms with Crippen LogP contribution in [0, 0.1) is 5.41 Å². The molecule has 2 fully saturated rings. The molecule has 2 saturated heterocycles. The Morgan fingerprint density at radius 3 is 3.04 bits per heavy atom. The average Bonchev–Trinajstić information content (AvgIpc) is 3.08. The first-order valence-corrected chi connectivity index (χ1v) is 8.33. The molecule has 0 saturated carbocycles. The molecule has 0 bridgehead atoms. The predicted molar refractivity (Wildman–Crippen MR) is 87.8 cm³/mol. The van der Waals surface area contributed by atoms with E-state index in [0.717, 1.165) is 23.9 Å². The minimum atomic E-state index is -0.869. The van der Waals surface area contributed by atoms with Crippen LogP contribution in [0.1, 0.15) is 29.6 Å². The summed E-state index contributed by atoms with van der Waals surface area (Å²) < 4.78 is 5.31. The number of nitrogens with one attached hydrogen (secondary N) is 1. The Morgan fingerprint density at radius 2 is 2.21 bits per heavy atom. The third-order valence-corrected chi connectivity index (χ3v) is 5.43. The normalized spacial score (nSPS) is 27.0. The van der Waals surface area contributed by atoms with Gasteiger partial charge in [0.2, 0.25) is 0 Å². The van der Waals surface area contributed by atoms with E-state index in [0.29, 0.717) is 24.9 Å². The first-order valence-electron chi connectivity index (χ1n) is 8.33. The number of carbonyl (C=O) groups excluding carboxylic acids is 1. The zero-order valence-corrected chi connectivity index (χ0v) is 13.3. The van der Waals surface area contributed by atoms with Crippen LogP contribution in [0.2, 0.25) is 0 Å². The van der Waals surface area contributed by atoms with Crippen molar-refractivity contribution in [1.82, 2.24) is 10.2 Å². The van der Waals surface area contributed by atoms with Crippen LogP contribution in [0.25, 0.3) is 11.0 Å². The molecular formula is C18H20N2O4. The van der Waals surface area contributed by atoms with E-state index in [9.17, 15) is 14.7 Å². The van der Waals surface area contributed by atoms with Crippen molar-refractivity contribution in [1.29, 1.82) is 0 Å². The van der Waals surface area contributed by atoms with Gasteiger partial charge in [0.25, 0.3) is 5.91 Å². The van der Waals surface area contributed by atoms with Gasteiger partial charge in [-0.25, -0.2) is 0 Å². The van der Waals surface area contributed by atoms with E-state index >= 15 is 0 Å². The maximum absolute atomic E-state index is 12.9. The van der Waals surface area contributed by atoms with Crippen LogP contribution in [0.3, 0.4) is 0 Å². The van der Waals surface area contributed by atoms with Gasteiger partial charge in [0.15, 0.2) is 0 Å². The zero-order valence-electron chi connectivity index (χ0n) is 13.3. The van der Waals surface area contributed by atoms with Gasteiger partial charge in [-0.1, -0.05) is 0 Å². The van der Waals surface area contributed by atoms with E-state index in [1.54, 1.807) is 29.4 Å². The molecule has 6 heteroatoms. The van der Waals surface area contributed by atoms with Crippen molar-refractivity contribution in [2.75, 3.05) is 19.6 Å². The van der Waals surface area contributed by atoms with Gasteiger partial charge >= 0.3 is 5.97 Å². The number of nitrogens with zero attached hydrogens (tertiary/aromatic N) is 1. The Kier molecular flexibility index (Phi) is 3.57. The number of fused-ring (bicyclic) bond motifs is 2. The molecule has 6 nitrogen and oxygen atoms in total. The number of carboxylic acid groups (broad SMARTS) is 1. The van der Waals surface area contributed by atoms with E-state index in [1.807, 2.05) is 6.07 Å². The Balaban J connectivity index is 1.61. The summed E-state index contributed by atoms with van der Waals surface area (Å²) in [5.41, 5.74) is 0.446. The van der Waals surface area contributed by atoms with Crippen LogP contribution in [-0.2, 0) is 4.79 Å². The van der Waals surface area contributed by atoms with Crippen molar-refractivity contribution in [3.63, 3.8) is 0 Å². The maximum atomic E-state index is 12.9. The zero-order chi connectivity index (χ0) is 16.7. The summed E-state index contributed by atoms with van der Waals surface area (Å²) in [7, 11) is 0. The van der Waals surface area contributed by atoms with Gasteiger partial charge in [0.05, 0.1) is 6.26 Å². The topological polar surface area (TPSA) is 82.8 Å². The van der Waals surface area contributed by atoms with Crippen molar-refractivity contribution >= 4 is 22.8 Å². The lowest BCUT2D eigenvalue weighted by molar-refractivity contribution is -0.156. The van der Waals surface area contributed by atoms with Gasteiger partial charge in [-0.3, -0.25) is 9.59 Å². The number of carbonyl (C=O) groups is 2. The summed E-state index contributed by atoms with van der Waals surface area (Å²) in [5.74, 6) is -0.912. The number of furan rings is 1. The summed E-state index contributed by atoms with van der Waals surface area (Å²) in [6.07, 6.45) is 3.71. The van der Waals surface area contributed by atoms with Gasteiger partial charge in [-0.05, 0) is 50.1 Å². The molecule has 126 valence electrons. The highest BCUT2D eigenvalue weighted by molar-refractivity contribution is 5.98. The minimum absolute atomic E-state index is 0.0517. The van der Waals surface area contributed by atoms with Crippen LogP contribution in [0.15, 0.2) is 34.9 Å². The van der Waals surface area contributed by atoms with Crippen LogP contribution in [-0.4, -0.2) is 47.6 Å². The fourth-order valence-electron chi connectivity index (χ4n) is 4.10. The number of rotatable bonds is 2. The Morgan fingerprint density at radius 1 is 1.33 bits per heavy atom. The van der Waals surface area contributed by atoms with Crippen molar-refractivity contribution in [3.05, 3.63) is 36.1 Å². The second-order valence-corrected chi connectivity index (χ2v) is 6.76. The Labute approximate surface area is 139 Å². The van der Waals surface area contributed by atoms with Crippen molar-refractivity contribution in [3.8, 4) is 0 Å². The minimum Gasteiger partial charge on any atom is -0.481 e. The average molecular weight is 328 g/mol. The molecule has 2 aliphatic heterocycles. The fourth-order valence-corrected chi connectivity index (χ4v) is 4.10. The molecule has 1 aromatic heterocycles. The van der Waals surface area contributed by atoms with Crippen LogP contribution < -0.4 is 5.32 Å². The van der Waals surface area contributed by atoms with Crippen LogP contribution >= 0.6 is 0 Å². The highest BCUT2D eigenvalue weighted by Crippen LogP contribution is 2.38. The molecule has 0 unspecified atom stereocenters. The van der Waals surface area contributed by atoms with Gasteiger partial charge in [0, 0.05) is 30.1 Å². The summed E-state index contributed by atoms with van der Waals surface area (Å²) in [6.45, 7) is 1.70. The quantitative estimate of drug-likeness (QED) is 0.882. The lowest BCUT2D eigenvalue weighted by Gasteiger charge is -2.48. The standard InChI is InChI=1S/C18H20N2O4/c21-16(13-2-3-14-12(10-13)5-9-24-14)20-8-4-15-18(11-20,17(22)23)6-1-7-19-15/h2-3,5,9-10,15,19H,1,4,6-8,11H2,(H,22,23)/t15-,18+/m1/s1. The van der Waals surface area contributed by atoms with Crippen LogP contribution in [0.5, 0.6) is 0 Å². The van der Waals surface area contributed by atoms with Crippen LogP contribution in [0.4, 0.5) is 0 Å². The highest BCUT2D eigenvalue weighted by atomic mass is 16.4. The number of piperidine rings is 2. The lowest BCUT2D eigenvalue weighted by atomic mass is 9.70. The summed E-state index contributed by atoms with van der Waals surface area (Å²) in [6, 6.07) is 7.10. The molecule has 2 aliphatic rings. The molecule has 0 radical (unpaired) electrons. The smallest absolute Gasteiger partial charge is 0.313 e. The first kappa shape index (κ1) is 15.2. The van der Waals surface area contributed by atoms with Gasteiger partial charge in [-0.15, -0.1) is 0 Å². The van der Waals surface area contributed by atoms with Crippen molar-refractivity contribution in [2.45, 2.75) is 25.3 Å². The number of amides is 1. The Hall–Kier alpha value is -2.34. The van der Waals surface area contributed by atoms with Crippen molar-refractivity contribution < 1.29 is 19.1 Å². The molecule has 0 spiro atoms. The van der Waals surface area contributed by atoms with E-state index in [2.05, 4.69) is 5.32 Å². The molecule has 2 atom stereocenters. The SMILES string of the molecule is O=C(c1ccc2occc2c1)N1CC[C@H]2NCCC[C@]2(C(=O)O)C1. The van der Waals surface area contributed by atoms with Crippen molar-refractivity contribution in [2.24, 2.45) is 5.41 Å². The number of aliphatic carboxylic acids is 1. The summed E-state index contributed by atoms with van der Waals surface area (Å²) >= 11 is 0. The maximum Gasteiger partial charge on any atom is 0.313 e. The highest BCUT2D eigenvalue weighted by Gasteiger charge is 2.51. The molecule has 4 rings (SSSR count). The summed E-state index contributed by atoms with van der Waals surface area (Å²) in [5, 5.41) is 14.0. The molecule has 1 amide bonds. The third-order valence-electron chi connectivity index (χ3n) is 5.43. The van der Waals surface area contributed by atoms with E-state index in [4.69, 9.17) is 4.42 Å². The summed E-state index contributed by atoms with van der Waals surface area (Å²) in [4.78, 5) is 26.5. The van der Waals surface area contributed by atoms with E-state index in [-0.39, 0.29) is 18.5 Å². The second-order valence-electron chi connectivity index (χ2n) is 6.76. The molecule has 2 N–H and O–H groups in total. The fraction of sp³-hybridized carbons (Fsp3) is 0.444. The van der Waals surface area contributed by atoms with E-state index in [1.165, 1.54) is 0 Å². The van der Waals surface area contributed by atoms with Gasteiger partial charge in [0.1, 0.15) is 11.0 Å². The second kappa shape index (κ2) is 5.63. The molecule has 2 aromatic rings. The largest absolute Gasteiger partial charge is 0.481 e. The van der Waals surface area contributed by atoms with E-state index < -0.39 is 11.4 Å². The predicted octanol–water partition coefficient (Wildman–Crippen LogP) is 2.10. The number of hydrogen-bond donors (Lipinski definition) is 2. The lowest BCUT2D eigenvalue weighted by Crippen LogP contribution is -2.63. The molecular weight excluding hydrogens is 308 g/mol. The molecule has 24 heavy (non-hydrogen) atoms. The third kappa shape index (κ3) is 2.29. The number of likely N-dealkylation sites (tertiary alicyclic amines) is 1. The first-order chi connectivity index (χ1) is 11.6. The Bertz CT molecular complexity index is 799. The number of benzene rings is 1.